The van der Waals surface area contributed by atoms with E-state index in [9.17, 15) is 13.2 Å². The molecule has 23 heavy (non-hydrogen) atoms. The van der Waals surface area contributed by atoms with Crippen LogP contribution in [0.1, 0.15) is 11.1 Å². The van der Waals surface area contributed by atoms with E-state index >= 15 is 0 Å². The molecule has 0 atom stereocenters. The topological polar surface area (TPSA) is 69.7 Å². The van der Waals surface area contributed by atoms with Crippen molar-refractivity contribution in [2.75, 3.05) is 39.8 Å². The van der Waals surface area contributed by atoms with E-state index in [4.69, 9.17) is 0 Å². The number of hydrogen-bond donors (Lipinski definition) is 1. The van der Waals surface area contributed by atoms with E-state index in [2.05, 4.69) is 5.32 Å². The molecule has 6 nitrogen and oxygen atoms in total. The lowest BCUT2D eigenvalue weighted by Crippen LogP contribution is -2.49. The van der Waals surface area contributed by atoms with E-state index in [1.165, 1.54) is 7.05 Å². The molecule has 1 N–H and O–H groups in total. The molecular formula is C15H24ClN3O3S. The molecule has 8 heteroatoms. The largest absolute Gasteiger partial charge is 0.339 e. The quantitative estimate of drug-likeness (QED) is 0.860. The van der Waals surface area contributed by atoms with Crippen LogP contribution in [0.15, 0.2) is 23.1 Å². The molecule has 1 saturated heterocycles. The second kappa shape index (κ2) is 8.10. The fourth-order valence-corrected chi connectivity index (χ4v) is 3.87. The maximum atomic E-state index is 12.6. The monoisotopic (exact) mass is 361 g/mol. The molecule has 0 unspecified atom stereocenters. The smallest absolute Gasteiger partial charge is 0.243 e. The molecule has 0 radical (unpaired) electrons. The molecule has 0 aromatic heterocycles. The first kappa shape index (κ1) is 19.9. The average molecular weight is 362 g/mol. The summed E-state index contributed by atoms with van der Waals surface area (Å²) in [6.45, 7) is 6.30. The molecule has 1 fully saturated rings. The van der Waals surface area contributed by atoms with Crippen LogP contribution in [0, 0.1) is 13.8 Å². The van der Waals surface area contributed by atoms with Gasteiger partial charge in [0.05, 0.1) is 11.4 Å². The SMILES string of the molecule is Cc1ccc(S(=O)(=O)N(C)CC(=O)N2CCNCC2)c(C)c1.Cl. The summed E-state index contributed by atoms with van der Waals surface area (Å²) in [6, 6.07) is 5.20. The van der Waals surface area contributed by atoms with Gasteiger partial charge in [0.2, 0.25) is 15.9 Å². The van der Waals surface area contributed by atoms with Crippen molar-refractivity contribution >= 4 is 28.3 Å². The Morgan fingerprint density at radius 2 is 1.87 bits per heavy atom. The van der Waals surface area contributed by atoms with E-state index in [-0.39, 0.29) is 29.8 Å². The third kappa shape index (κ3) is 4.67. The molecule has 1 aromatic rings. The second-order valence-corrected chi connectivity index (χ2v) is 7.67. The lowest BCUT2D eigenvalue weighted by molar-refractivity contribution is -0.131. The zero-order chi connectivity index (χ0) is 16.3. The van der Waals surface area contributed by atoms with Gasteiger partial charge in [0.25, 0.3) is 0 Å². The number of amides is 1. The van der Waals surface area contributed by atoms with Gasteiger partial charge in [-0.25, -0.2) is 8.42 Å². The number of likely N-dealkylation sites (N-methyl/N-ethyl adjacent to an activating group) is 1. The Balaban J connectivity index is 0.00000264. The highest BCUT2D eigenvalue weighted by Crippen LogP contribution is 2.20. The van der Waals surface area contributed by atoms with E-state index < -0.39 is 10.0 Å². The van der Waals surface area contributed by atoms with Crippen LogP contribution in [0.2, 0.25) is 0 Å². The van der Waals surface area contributed by atoms with Crippen LogP contribution < -0.4 is 5.32 Å². The Bertz CT molecular complexity index is 658. The number of carbonyl (C=O) groups is 1. The van der Waals surface area contributed by atoms with Crippen molar-refractivity contribution in [1.82, 2.24) is 14.5 Å². The van der Waals surface area contributed by atoms with E-state index in [1.807, 2.05) is 13.0 Å². The number of piperazine rings is 1. The maximum Gasteiger partial charge on any atom is 0.243 e. The van der Waals surface area contributed by atoms with Crippen molar-refractivity contribution in [3.63, 3.8) is 0 Å². The van der Waals surface area contributed by atoms with Crippen LogP contribution >= 0.6 is 12.4 Å². The first-order valence-corrected chi connectivity index (χ1v) is 8.78. The molecule has 1 aliphatic rings. The minimum Gasteiger partial charge on any atom is -0.339 e. The van der Waals surface area contributed by atoms with Crippen LogP contribution in [-0.2, 0) is 14.8 Å². The average Bonchev–Trinajstić information content (AvgIpc) is 2.47. The van der Waals surface area contributed by atoms with Gasteiger partial charge in [-0.2, -0.15) is 4.31 Å². The maximum absolute atomic E-state index is 12.6. The molecule has 0 spiro atoms. The Kier molecular flexibility index (Phi) is 7.01. The molecule has 0 saturated carbocycles. The lowest BCUT2D eigenvalue weighted by atomic mass is 10.2. The third-order valence-electron chi connectivity index (χ3n) is 3.85. The van der Waals surface area contributed by atoms with Crippen LogP contribution in [0.25, 0.3) is 0 Å². The Morgan fingerprint density at radius 1 is 1.26 bits per heavy atom. The minimum absolute atomic E-state index is 0. The second-order valence-electron chi connectivity index (χ2n) is 5.66. The molecular weight excluding hydrogens is 338 g/mol. The highest BCUT2D eigenvalue weighted by molar-refractivity contribution is 7.89. The first-order chi connectivity index (χ1) is 10.3. The summed E-state index contributed by atoms with van der Waals surface area (Å²) in [7, 11) is -2.20. The van der Waals surface area contributed by atoms with Crippen LogP contribution in [0.3, 0.4) is 0 Å². The summed E-state index contributed by atoms with van der Waals surface area (Å²) in [5, 5.41) is 3.17. The molecule has 1 amide bonds. The van der Waals surface area contributed by atoms with E-state index in [0.29, 0.717) is 18.7 Å². The number of nitrogens with zero attached hydrogens (tertiary/aromatic N) is 2. The van der Waals surface area contributed by atoms with Gasteiger partial charge in [0.15, 0.2) is 0 Å². The summed E-state index contributed by atoms with van der Waals surface area (Å²) in [4.78, 5) is 14.2. The van der Waals surface area contributed by atoms with Gasteiger partial charge in [0.1, 0.15) is 0 Å². The van der Waals surface area contributed by atoms with Gasteiger partial charge in [-0.1, -0.05) is 17.7 Å². The van der Waals surface area contributed by atoms with E-state index in [1.54, 1.807) is 24.0 Å². The number of nitrogens with one attached hydrogen (secondary N) is 1. The molecule has 130 valence electrons. The number of halogens is 1. The third-order valence-corrected chi connectivity index (χ3v) is 5.81. The number of aryl methyl sites for hydroxylation is 2. The van der Waals surface area contributed by atoms with Gasteiger partial charge >= 0.3 is 0 Å². The van der Waals surface area contributed by atoms with Gasteiger partial charge in [-0.15, -0.1) is 12.4 Å². The number of carbonyl (C=O) groups excluding carboxylic acids is 1. The van der Waals surface area contributed by atoms with Crippen molar-refractivity contribution < 1.29 is 13.2 Å². The normalized spacial score (nSPS) is 15.4. The first-order valence-electron chi connectivity index (χ1n) is 7.34. The summed E-state index contributed by atoms with van der Waals surface area (Å²) in [6.07, 6.45) is 0. The van der Waals surface area contributed by atoms with Crippen molar-refractivity contribution in [3.8, 4) is 0 Å². The molecule has 2 rings (SSSR count). The number of benzene rings is 1. The standard InChI is InChI=1S/C15H23N3O3S.ClH/c1-12-4-5-14(13(2)10-12)22(20,21)17(3)11-15(19)18-8-6-16-7-9-18;/h4-5,10,16H,6-9,11H2,1-3H3;1H. The molecule has 1 aromatic carbocycles. The van der Waals surface area contributed by atoms with Crippen molar-refractivity contribution in [3.05, 3.63) is 29.3 Å². The van der Waals surface area contributed by atoms with Crippen LogP contribution in [0.5, 0.6) is 0 Å². The van der Waals surface area contributed by atoms with Crippen molar-refractivity contribution in [2.45, 2.75) is 18.7 Å². The summed E-state index contributed by atoms with van der Waals surface area (Å²) >= 11 is 0. The molecule has 0 aliphatic carbocycles. The molecule has 1 heterocycles. The van der Waals surface area contributed by atoms with Crippen molar-refractivity contribution in [1.29, 1.82) is 0 Å². The minimum atomic E-state index is -3.65. The Hall–Kier alpha value is -1.15. The number of hydrogen-bond acceptors (Lipinski definition) is 4. The lowest BCUT2D eigenvalue weighted by Gasteiger charge is -2.29. The molecule has 1 aliphatic heterocycles. The predicted molar refractivity (Wildman–Crippen MR) is 92.4 cm³/mol. The summed E-state index contributed by atoms with van der Waals surface area (Å²) < 4.78 is 26.4. The summed E-state index contributed by atoms with van der Waals surface area (Å²) in [5.74, 6) is -0.155. The Morgan fingerprint density at radius 3 is 2.43 bits per heavy atom. The fourth-order valence-electron chi connectivity index (χ4n) is 2.55. The zero-order valence-corrected chi connectivity index (χ0v) is 15.3. The highest BCUT2D eigenvalue weighted by Gasteiger charge is 2.26. The number of sulfonamides is 1. The fraction of sp³-hybridized carbons (Fsp3) is 0.533. The van der Waals surface area contributed by atoms with Gasteiger partial charge in [0, 0.05) is 33.2 Å². The zero-order valence-electron chi connectivity index (χ0n) is 13.7. The highest BCUT2D eigenvalue weighted by atomic mass is 35.5. The predicted octanol–water partition coefficient (Wildman–Crippen LogP) is 0.778. The van der Waals surface area contributed by atoms with Crippen LogP contribution in [-0.4, -0.2) is 63.3 Å². The molecule has 0 bridgehead atoms. The Labute approximate surface area is 144 Å². The van der Waals surface area contributed by atoms with Gasteiger partial charge in [-0.3, -0.25) is 4.79 Å². The van der Waals surface area contributed by atoms with E-state index in [0.717, 1.165) is 23.0 Å². The van der Waals surface area contributed by atoms with Gasteiger partial charge < -0.3 is 10.2 Å². The van der Waals surface area contributed by atoms with Crippen LogP contribution in [0.4, 0.5) is 0 Å². The van der Waals surface area contributed by atoms with Crippen molar-refractivity contribution in [2.24, 2.45) is 0 Å². The van der Waals surface area contributed by atoms with Gasteiger partial charge in [-0.05, 0) is 25.5 Å². The summed E-state index contributed by atoms with van der Waals surface area (Å²) in [5.41, 5.74) is 1.71. The number of rotatable bonds is 4.